The molecule has 2 heterocycles. The summed E-state index contributed by atoms with van der Waals surface area (Å²) in [6.45, 7) is 0.758. The molecule has 1 aliphatic heterocycles. The molecule has 1 saturated heterocycles. The van der Waals surface area contributed by atoms with Crippen molar-refractivity contribution in [2.75, 3.05) is 18.1 Å². The molecule has 0 aromatic carbocycles. The molecule has 0 radical (unpaired) electrons. The number of hydrogen-bond acceptors (Lipinski definition) is 6. The first kappa shape index (κ1) is 16.0. The van der Waals surface area contributed by atoms with E-state index in [0.29, 0.717) is 10.3 Å². The first-order valence-electron chi connectivity index (χ1n) is 7.82. The lowest BCUT2D eigenvalue weighted by Gasteiger charge is -2.36. The highest BCUT2D eigenvalue weighted by atomic mass is 32.2. The van der Waals surface area contributed by atoms with Crippen LogP contribution in [0.3, 0.4) is 0 Å². The van der Waals surface area contributed by atoms with Crippen LogP contribution in [0, 0.1) is 5.92 Å². The molecule has 122 valence electrons. The number of rotatable bonds is 3. The Balaban J connectivity index is 1.65. The number of aromatic nitrogens is 2. The van der Waals surface area contributed by atoms with Gasteiger partial charge in [-0.3, -0.25) is 5.32 Å². The molecule has 3 rings (SSSR count). The number of carbonyl (C=O) groups excluding carboxylic acids is 1. The van der Waals surface area contributed by atoms with Crippen LogP contribution < -0.4 is 5.32 Å². The van der Waals surface area contributed by atoms with Gasteiger partial charge in [-0.25, -0.2) is 4.79 Å². The molecule has 1 aromatic rings. The highest BCUT2D eigenvalue weighted by Crippen LogP contribution is 2.35. The Morgan fingerprint density at radius 2 is 2.18 bits per heavy atom. The van der Waals surface area contributed by atoms with Crippen LogP contribution in [0.1, 0.15) is 38.5 Å². The predicted molar refractivity (Wildman–Crippen MR) is 88.4 cm³/mol. The molecular formula is C14H22N4O2S2. The first-order valence-corrected chi connectivity index (χ1v) is 9.82. The summed E-state index contributed by atoms with van der Waals surface area (Å²) in [5.41, 5.74) is 0. The molecule has 1 aliphatic carbocycles. The first-order chi connectivity index (χ1) is 10.7. The quantitative estimate of drug-likeness (QED) is 0.826. The van der Waals surface area contributed by atoms with Crippen molar-refractivity contribution in [1.29, 1.82) is 0 Å². The molecule has 2 amide bonds. The number of likely N-dealkylation sites (tertiary alicyclic amines) is 1. The zero-order valence-corrected chi connectivity index (χ0v) is 14.3. The molecule has 0 unspecified atom stereocenters. The molecule has 0 spiro atoms. The standard InChI is InChI=1S/C14H22N4O2S2/c1-21-13-15-12(22-17-13)16-14(20)18-8-4-6-10(18)9-5-2-3-7-11(9)19/h9-11,19H,2-8H2,1H3,(H,15,16,17,20)/t9-,10-,11+/m1/s1. The second-order valence-electron chi connectivity index (χ2n) is 5.94. The van der Waals surface area contributed by atoms with Gasteiger partial charge >= 0.3 is 6.03 Å². The highest BCUT2D eigenvalue weighted by molar-refractivity contribution is 7.98. The van der Waals surface area contributed by atoms with E-state index in [1.54, 1.807) is 0 Å². The Morgan fingerprint density at radius 1 is 1.36 bits per heavy atom. The molecule has 1 aromatic heterocycles. The lowest BCUT2D eigenvalue weighted by atomic mass is 9.80. The largest absolute Gasteiger partial charge is 0.393 e. The van der Waals surface area contributed by atoms with Crippen LogP contribution in [0.25, 0.3) is 0 Å². The maximum Gasteiger partial charge on any atom is 0.323 e. The van der Waals surface area contributed by atoms with Gasteiger partial charge in [-0.2, -0.15) is 9.36 Å². The summed E-state index contributed by atoms with van der Waals surface area (Å²) in [6.07, 6.45) is 7.77. The Hall–Kier alpha value is -0.860. The van der Waals surface area contributed by atoms with Crippen LogP contribution >= 0.6 is 23.3 Å². The number of carbonyl (C=O) groups is 1. The molecule has 6 nitrogen and oxygen atoms in total. The van der Waals surface area contributed by atoms with E-state index < -0.39 is 0 Å². The molecule has 3 atom stereocenters. The van der Waals surface area contributed by atoms with E-state index in [1.165, 1.54) is 23.3 Å². The maximum absolute atomic E-state index is 12.5. The minimum Gasteiger partial charge on any atom is -0.393 e. The topological polar surface area (TPSA) is 78.4 Å². The third-order valence-electron chi connectivity index (χ3n) is 4.64. The van der Waals surface area contributed by atoms with Crippen LogP contribution in [-0.2, 0) is 0 Å². The summed E-state index contributed by atoms with van der Waals surface area (Å²) < 4.78 is 4.16. The summed E-state index contributed by atoms with van der Waals surface area (Å²) >= 11 is 2.67. The predicted octanol–water partition coefficient (Wildman–Crippen LogP) is 2.81. The molecule has 2 N–H and O–H groups in total. The Kier molecular flexibility index (Phi) is 5.20. The van der Waals surface area contributed by atoms with Gasteiger partial charge in [-0.05, 0) is 31.9 Å². The summed E-state index contributed by atoms with van der Waals surface area (Å²) in [5, 5.41) is 14.4. The molecule has 8 heteroatoms. The number of aliphatic hydroxyl groups excluding tert-OH is 1. The Bertz CT molecular complexity index is 525. The maximum atomic E-state index is 12.5. The van der Waals surface area contributed by atoms with Crippen molar-refractivity contribution >= 4 is 34.5 Å². The van der Waals surface area contributed by atoms with Crippen LogP contribution in [-0.4, -0.2) is 50.3 Å². The number of nitrogens with zero attached hydrogens (tertiary/aromatic N) is 3. The average Bonchev–Trinajstić information content (AvgIpc) is 3.16. The van der Waals surface area contributed by atoms with Crippen molar-refractivity contribution in [3.63, 3.8) is 0 Å². The number of hydrogen-bond donors (Lipinski definition) is 2. The summed E-state index contributed by atoms with van der Waals surface area (Å²) in [6, 6.07) is 0.0484. The third kappa shape index (κ3) is 3.38. The van der Waals surface area contributed by atoms with Crippen molar-refractivity contribution in [2.45, 2.75) is 55.8 Å². The lowest BCUT2D eigenvalue weighted by molar-refractivity contribution is 0.0320. The smallest absolute Gasteiger partial charge is 0.323 e. The van der Waals surface area contributed by atoms with Gasteiger partial charge in [0.1, 0.15) is 0 Å². The van der Waals surface area contributed by atoms with Gasteiger partial charge in [0.15, 0.2) is 0 Å². The number of amides is 2. The molecule has 0 bridgehead atoms. The van der Waals surface area contributed by atoms with E-state index >= 15 is 0 Å². The molecule has 2 fully saturated rings. The second kappa shape index (κ2) is 7.14. The van der Waals surface area contributed by atoms with Crippen molar-refractivity contribution in [3.05, 3.63) is 0 Å². The van der Waals surface area contributed by atoms with Crippen LogP contribution in [0.15, 0.2) is 5.16 Å². The fourth-order valence-corrected chi connectivity index (χ4v) is 4.70. The van der Waals surface area contributed by atoms with E-state index in [9.17, 15) is 9.90 Å². The second-order valence-corrected chi connectivity index (χ2v) is 7.46. The van der Waals surface area contributed by atoms with E-state index in [4.69, 9.17) is 0 Å². The van der Waals surface area contributed by atoms with E-state index in [2.05, 4.69) is 14.7 Å². The summed E-state index contributed by atoms with van der Waals surface area (Å²) in [5.74, 6) is 0.221. The normalized spacial score (nSPS) is 28.8. The highest BCUT2D eigenvalue weighted by Gasteiger charge is 2.39. The zero-order chi connectivity index (χ0) is 15.5. The van der Waals surface area contributed by atoms with Gasteiger partial charge in [0.25, 0.3) is 0 Å². The molecule has 1 saturated carbocycles. The monoisotopic (exact) mass is 342 g/mol. The Labute approximate surface area is 138 Å². The zero-order valence-electron chi connectivity index (χ0n) is 12.7. The Morgan fingerprint density at radius 3 is 2.91 bits per heavy atom. The van der Waals surface area contributed by atoms with E-state index in [-0.39, 0.29) is 24.1 Å². The van der Waals surface area contributed by atoms with Gasteiger partial charge < -0.3 is 10.0 Å². The summed E-state index contributed by atoms with van der Waals surface area (Å²) in [4.78, 5) is 18.7. The summed E-state index contributed by atoms with van der Waals surface area (Å²) in [7, 11) is 0. The van der Waals surface area contributed by atoms with Gasteiger partial charge in [0.05, 0.1) is 6.10 Å². The van der Waals surface area contributed by atoms with Crippen molar-refractivity contribution < 1.29 is 9.90 Å². The molecule has 2 aliphatic rings. The van der Waals surface area contributed by atoms with Crippen LogP contribution in [0.2, 0.25) is 0 Å². The fourth-order valence-electron chi connectivity index (χ4n) is 3.59. The minimum absolute atomic E-state index is 0.107. The number of nitrogens with one attached hydrogen (secondary N) is 1. The minimum atomic E-state index is -0.267. The van der Waals surface area contributed by atoms with Crippen LogP contribution in [0.5, 0.6) is 0 Å². The molecule has 22 heavy (non-hydrogen) atoms. The van der Waals surface area contributed by atoms with Gasteiger partial charge in [-0.1, -0.05) is 24.6 Å². The molecular weight excluding hydrogens is 320 g/mol. The van der Waals surface area contributed by atoms with E-state index in [1.807, 2.05) is 11.2 Å². The van der Waals surface area contributed by atoms with Crippen molar-refractivity contribution in [2.24, 2.45) is 5.92 Å². The number of anilines is 1. The lowest BCUT2D eigenvalue weighted by Crippen LogP contribution is -2.46. The van der Waals surface area contributed by atoms with Gasteiger partial charge in [0.2, 0.25) is 10.3 Å². The van der Waals surface area contributed by atoms with Gasteiger partial charge in [0, 0.05) is 30.0 Å². The average molecular weight is 342 g/mol. The van der Waals surface area contributed by atoms with E-state index in [0.717, 1.165) is 45.1 Å². The van der Waals surface area contributed by atoms with Crippen molar-refractivity contribution in [3.8, 4) is 0 Å². The third-order valence-corrected chi connectivity index (χ3v) is 5.93. The van der Waals surface area contributed by atoms with Gasteiger partial charge in [-0.15, -0.1) is 0 Å². The van der Waals surface area contributed by atoms with Crippen LogP contribution in [0.4, 0.5) is 9.93 Å². The fraction of sp³-hybridized carbons (Fsp3) is 0.786. The number of urea groups is 1. The van der Waals surface area contributed by atoms with Crippen molar-refractivity contribution in [1.82, 2.24) is 14.3 Å². The number of aliphatic hydroxyl groups is 1. The SMILES string of the molecule is CSc1nsc(NC(=O)N2CCC[C@@H]2[C@H]2CCCC[C@@H]2O)n1. The number of thioether (sulfide) groups is 1.